The van der Waals surface area contributed by atoms with Crippen molar-refractivity contribution >= 4 is 5.96 Å². The van der Waals surface area contributed by atoms with Gasteiger partial charge in [-0.3, -0.25) is 9.98 Å². The van der Waals surface area contributed by atoms with Gasteiger partial charge in [-0.15, -0.1) is 0 Å². The van der Waals surface area contributed by atoms with Crippen molar-refractivity contribution in [3.05, 3.63) is 30.1 Å². The summed E-state index contributed by atoms with van der Waals surface area (Å²) in [4.78, 5) is 8.57. The molecule has 1 heterocycles. The fraction of sp³-hybridized carbons (Fsp3) is 0.625. The van der Waals surface area contributed by atoms with E-state index in [1.807, 2.05) is 31.4 Å². The van der Waals surface area contributed by atoms with Crippen LogP contribution < -0.4 is 10.6 Å². The average Bonchev–Trinajstić information content (AvgIpc) is 2.50. The van der Waals surface area contributed by atoms with Gasteiger partial charge < -0.3 is 10.6 Å². The molecule has 1 aromatic heterocycles. The highest BCUT2D eigenvalue weighted by molar-refractivity contribution is 5.79. The molecule has 0 amide bonds. The minimum Gasteiger partial charge on any atom is -0.356 e. The van der Waals surface area contributed by atoms with Crippen molar-refractivity contribution in [1.29, 1.82) is 0 Å². The van der Waals surface area contributed by atoms with E-state index >= 15 is 0 Å². The van der Waals surface area contributed by atoms with E-state index in [9.17, 15) is 0 Å². The molecule has 0 unspecified atom stereocenters. The maximum atomic E-state index is 4.30. The van der Waals surface area contributed by atoms with Gasteiger partial charge in [-0.1, -0.05) is 25.8 Å². The summed E-state index contributed by atoms with van der Waals surface area (Å²) in [5, 5.41) is 6.75. The van der Waals surface area contributed by atoms with Crippen LogP contribution in [-0.2, 0) is 6.54 Å². The molecule has 1 aliphatic rings. The van der Waals surface area contributed by atoms with Crippen LogP contribution in [-0.4, -0.2) is 24.5 Å². The fourth-order valence-corrected chi connectivity index (χ4v) is 2.67. The van der Waals surface area contributed by atoms with Crippen molar-refractivity contribution in [1.82, 2.24) is 15.6 Å². The first-order chi connectivity index (χ1) is 9.78. The lowest BCUT2D eigenvalue weighted by Gasteiger charge is -2.26. The fourth-order valence-electron chi connectivity index (χ4n) is 2.67. The molecule has 0 spiro atoms. The van der Waals surface area contributed by atoms with Gasteiger partial charge in [0.1, 0.15) is 0 Å². The Hall–Kier alpha value is -1.58. The lowest BCUT2D eigenvalue weighted by atomic mass is 9.83. The van der Waals surface area contributed by atoms with Crippen LogP contribution in [0.3, 0.4) is 0 Å². The molecule has 110 valence electrons. The monoisotopic (exact) mass is 274 g/mol. The first-order valence-corrected chi connectivity index (χ1v) is 7.62. The number of pyridine rings is 1. The van der Waals surface area contributed by atoms with Crippen LogP contribution in [0.5, 0.6) is 0 Å². The Morgan fingerprint density at radius 2 is 2.05 bits per heavy atom. The molecule has 2 rings (SSSR count). The third kappa shape index (κ3) is 4.83. The number of aromatic nitrogens is 1. The van der Waals surface area contributed by atoms with Gasteiger partial charge in [-0.25, -0.2) is 0 Å². The highest BCUT2D eigenvalue weighted by Gasteiger charge is 2.18. The van der Waals surface area contributed by atoms with E-state index in [1.165, 1.54) is 25.7 Å². The number of hydrogen-bond acceptors (Lipinski definition) is 2. The van der Waals surface area contributed by atoms with E-state index in [1.54, 1.807) is 0 Å². The van der Waals surface area contributed by atoms with Gasteiger partial charge in [0.25, 0.3) is 0 Å². The predicted octanol–water partition coefficient (Wildman–Crippen LogP) is 2.57. The van der Waals surface area contributed by atoms with Gasteiger partial charge in [0.15, 0.2) is 5.96 Å². The summed E-state index contributed by atoms with van der Waals surface area (Å²) in [6.45, 7) is 4.09. The van der Waals surface area contributed by atoms with Crippen LogP contribution in [0.15, 0.2) is 29.4 Å². The van der Waals surface area contributed by atoms with E-state index in [2.05, 4.69) is 27.5 Å². The minimum atomic E-state index is 0.711. The van der Waals surface area contributed by atoms with Gasteiger partial charge in [-0.2, -0.15) is 0 Å². The summed E-state index contributed by atoms with van der Waals surface area (Å²) >= 11 is 0. The highest BCUT2D eigenvalue weighted by atomic mass is 15.2. The Bertz CT molecular complexity index is 408. The zero-order chi connectivity index (χ0) is 14.2. The largest absolute Gasteiger partial charge is 0.356 e. The Morgan fingerprint density at radius 1 is 1.25 bits per heavy atom. The maximum Gasteiger partial charge on any atom is 0.191 e. The van der Waals surface area contributed by atoms with Gasteiger partial charge in [0.05, 0.1) is 12.2 Å². The van der Waals surface area contributed by atoms with E-state index in [0.29, 0.717) is 6.54 Å². The third-order valence-corrected chi connectivity index (χ3v) is 4.08. The zero-order valence-electron chi connectivity index (χ0n) is 12.6. The molecular weight excluding hydrogens is 248 g/mol. The van der Waals surface area contributed by atoms with Crippen LogP contribution >= 0.6 is 0 Å². The summed E-state index contributed by atoms with van der Waals surface area (Å²) in [7, 11) is 1.82. The molecule has 4 nitrogen and oxygen atoms in total. The molecule has 4 heteroatoms. The average molecular weight is 274 g/mol. The summed E-state index contributed by atoms with van der Waals surface area (Å²) in [5.74, 6) is 2.57. The van der Waals surface area contributed by atoms with Crippen molar-refractivity contribution in [3.63, 3.8) is 0 Å². The number of rotatable bonds is 4. The second-order valence-electron chi connectivity index (χ2n) is 5.75. The summed E-state index contributed by atoms with van der Waals surface area (Å²) < 4.78 is 0. The smallest absolute Gasteiger partial charge is 0.191 e. The summed E-state index contributed by atoms with van der Waals surface area (Å²) in [6.07, 6.45) is 7.23. The van der Waals surface area contributed by atoms with Crippen LogP contribution in [0, 0.1) is 11.8 Å². The lowest BCUT2D eigenvalue weighted by molar-refractivity contribution is 0.289. The molecule has 1 aliphatic carbocycles. The molecule has 2 N–H and O–H groups in total. The minimum absolute atomic E-state index is 0.711. The zero-order valence-corrected chi connectivity index (χ0v) is 12.6. The quantitative estimate of drug-likeness (QED) is 0.655. The number of nitrogens with one attached hydrogen (secondary N) is 2. The molecule has 0 aromatic carbocycles. The summed E-state index contributed by atoms with van der Waals surface area (Å²) in [5.41, 5.74) is 1.03. The third-order valence-electron chi connectivity index (χ3n) is 4.08. The van der Waals surface area contributed by atoms with E-state index in [4.69, 9.17) is 0 Å². The molecule has 0 aliphatic heterocycles. The molecule has 0 radical (unpaired) electrons. The van der Waals surface area contributed by atoms with Crippen molar-refractivity contribution in [3.8, 4) is 0 Å². The molecule has 1 aromatic rings. The van der Waals surface area contributed by atoms with Gasteiger partial charge in [-0.05, 0) is 36.8 Å². The standard InChI is InChI=1S/C16H26N4/c1-13-6-8-14(9-7-13)11-19-16(17-2)20-12-15-5-3-4-10-18-15/h3-5,10,13-14H,6-9,11-12H2,1-2H3,(H2,17,19,20). The number of guanidine groups is 1. The summed E-state index contributed by atoms with van der Waals surface area (Å²) in [6, 6.07) is 5.95. The van der Waals surface area contributed by atoms with Crippen LogP contribution in [0.1, 0.15) is 38.3 Å². The van der Waals surface area contributed by atoms with Crippen molar-refractivity contribution in [2.75, 3.05) is 13.6 Å². The Kier molecular flexibility index (Phi) is 5.84. The first-order valence-electron chi connectivity index (χ1n) is 7.62. The number of hydrogen-bond donors (Lipinski definition) is 2. The SMILES string of the molecule is CN=C(NCc1ccccn1)NCC1CCC(C)CC1. The van der Waals surface area contributed by atoms with Crippen molar-refractivity contribution in [2.24, 2.45) is 16.8 Å². The highest BCUT2D eigenvalue weighted by Crippen LogP contribution is 2.27. The van der Waals surface area contributed by atoms with Gasteiger partial charge in [0.2, 0.25) is 0 Å². The normalized spacial score (nSPS) is 23.4. The lowest BCUT2D eigenvalue weighted by Crippen LogP contribution is -2.40. The second-order valence-corrected chi connectivity index (χ2v) is 5.75. The molecule has 1 fully saturated rings. The molecule has 1 saturated carbocycles. The van der Waals surface area contributed by atoms with Crippen LogP contribution in [0.2, 0.25) is 0 Å². The maximum absolute atomic E-state index is 4.30. The predicted molar refractivity (Wildman–Crippen MR) is 83.6 cm³/mol. The second kappa shape index (κ2) is 7.88. The molecular formula is C16H26N4. The van der Waals surface area contributed by atoms with Crippen LogP contribution in [0.25, 0.3) is 0 Å². The van der Waals surface area contributed by atoms with Crippen LogP contribution in [0.4, 0.5) is 0 Å². The van der Waals surface area contributed by atoms with E-state index in [-0.39, 0.29) is 0 Å². The Balaban J connectivity index is 1.70. The first kappa shape index (κ1) is 14.8. The van der Waals surface area contributed by atoms with Gasteiger partial charge in [0, 0.05) is 19.8 Å². The van der Waals surface area contributed by atoms with E-state index in [0.717, 1.165) is 30.0 Å². The number of nitrogens with zero attached hydrogens (tertiary/aromatic N) is 2. The van der Waals surface area contributed by atoms with Crippen molar-refractivity contribution in [2.45, 2.75) is 39.2 Å². The molecule has 20 heavy (non-hydrogen) atoms. The Labute approximate surface area is 122 Å². The number of aliphatic imine (C=N–C) groups is 1. The molecule has 0 atom stereocenters. The van der Waals surface area contributed by atoms with Crippen molar-refractivity contribution < 1.29 is 0 Å². The topological polar surface area (TPSA) is 49.3 Å². The van der Waals surface area contributed by atoms with Gasteiger partial charge >= 0.3 is 0 Å². The Morgan fingerprint density at radius 3 is 2.70 bits per heavy atom. The molecule has 0 saturated heterocycles. The van der Waals surface area contributed by atoms with E-state index < -0.39 is 0 Å². The molecule has 0 bridgehead atoms.